The van der Waals surface area contributed by atoms with Crippen LogP contribution in [0.3, 0.4) is 0 Å². The summed E-state index contributed by atoms with van der Waals surface area (Å²) in [6.45, 7) is 7.77. The van der Waals surface area contributed by atoms with Crippen molar-refractivity contribution >= 4 is 0 Å². The summed E-state index contributed by atoms with van der Waals surface area (Å²) in [5.74, 6) is 1.36. The molecule has 2 rings (SSSR count). The zero-order valence-electron chi connectivity index (χ0n) is 11.4. The molecule has 0 spiro atoms. The molecule has 1 N–H and O–H groups in total. The maximum atomic E-state index is 4.05. The molecule has 2 unspecified atom stereocenters. The predicted molar refractivity (Wildman–Crippen MR) is 68.8 cm³/mol. The van der Waals surface area contributed by atoms with E-state index in [1.807, 2.05) is 17.9 Å². The molecule has 1 fully saturated rings. The van der Waals surface area contributed by atoms with Crippen molar-refractivity contribution in [3.8, 4) is 0 Å². The van der Waals surface area contributed by atoms with Gasteiger partial charge in [-0.2, -0.15) is 0 Å². The summed E-state index contributed by atoms with van der Waals surface area (Å²) in [6, 6.07) is 0. The first kappa shape index (κ1) is 12.6. The molecule has 1 aliphatic carbocycles. The van der Waals surface area contributed by atoms with Crippen LogP contribution in [-0.2, 0) is 7.05 Å². The molecule has 17 heavy (non-hydrogen) atoms. The lowest BCUT2D eigenvalue weighted by atomic mass is 9.92. The monoisotopic (exact) mass is 236 g/mol. The van der Waals surface area contributed by atoms with Crippen LogP contribution in [0.5, 0.6) is 0 Å². The van der Waals surface area contributed by atoms with Gasteiger partial charge in [0.15, 0.2) is 0 Å². The molecular weight excluding hydrogens is 212 g/mol. The molecule has 0 aliphatic heterocycles. The van der Waals surface area contributed by atoms with E-state index < -0.39 is 0 Å². The summed E-state index contributed by atoms with van der Waals surface area (Å²) >= 11 is 0. The number of nitrogens with one attached hydrogen (secondary N) is 1. The van der Waals surface area contributed by atoms with Crippen molar-refractivity contribution in [3.05, 3.63) is 11.9 Å². The van der Waals surface area contributed by atoms with E-state index in [0.29, 0.717) is 5.92 Å². The van der Waals surface area contributed by atoms with Crippen molar-refractivity contribution in [1.82, 2.24) is 20.3 Å². The Hall–Kier alpha value is -0.900. The molecule has 0 amide bonds. The molecule has 96 valence electrons. The highest BCUT2D eigenvalue weighted by atomic mass is 15.4. The van der Waals surface area contributed by atoms with Crippen molar-refractivity contribution < 1.29 is 0 Å². The second kappa shape index (κ2) is 4.77. The van der Waals surface area contributed by atoms with E-state index in [0.717, 1.165) is 12.5 Å². The molecule has 4 nitrogen and oxygen atoms in total. The van der Waals surface area contributed by atoms with E-state index in [2.05, 4.69) is 36.4 Å². The molecule has 0 bridgehead atoms. The lowest BCUT2D eigenvalue weighted by Crippen LogP contribution is -2.39. The Kier molecular flexibility index (Phi) is 3.52. The van der Waals surface area contributed by atoms with Gasteiger partial charge in [-0.3, -0.25) is 4.68 Å². The lowest BCUT2D eigenvalue weighted by Gasteiger charge is -2.26. The molecule has 4 heteroatoms. The molecule has 0 saturated heterocycles. The van der Waals surface area contributed by atoms with Gasteiger partial charge in [-0.1, -0.05) is 11.6 Å². The van der Waals surface area contributed by atoms with Gasteiger partial charge in [-0.25, -0.2) is 0 Å². The van der Waals surface area contributed by atoms with Gasteiger partial charge in [0.2, 0.25) is 0 Å². The van der Waals surface area contributed by atoms with Crippen LogP contribution in [0.25, 0.3) is 0 Å². The number of rotatable bonds is 3. The van der Waals surface area contributed by atoms with Crippen LogP contribution >= 0.6 is 0 Å². The second-order valence-electron chi connectivity index (χ2n) is 6.21. The Balaban J connectivity index is 2.01. The first-order valence-electron chi connectivity index (χ1n) is 6.57. The highest BCUT2D eigenvalue weighted by Gasteiger charge is 2.31. The van der Waals surface area contributed by atoms with E-state index >= 15 is 0 Å². The number of hydrogen-bond donors (Lipinski definition) is 1. The SMILES string of the molecule is Cn1nncc1C1CCCC1CNC(C)(C)C. The lowest BCUT2D eigenvalue weighted by molar-refractivity contribution is 0.351. The fraction of sp³-hybridized carbons (Fsp3) is 0.846. The Morgan fingerprint density at radius 1 is 1.41 bits per heavy atom. The highest BCUT2D eigenvalue weighted by Crippen LogP contribution is 2.38. The third kappa shape index (κ3) is 3.06. The maximum absolute atomic E-state index is 4.05. The van der Waals surface area contributed by atoms with Gasteiger partial charge in [0.1, 0.15) is 0 Å². The van der Waals surface area contributed by atoms with E-state index in [1.165, 1.54) is 25.0 Å². The average molecular weight is 236 g/mol. The van der Waals surface area contributed by atoms with Crippen molar-refractivity contribution in [2.24, 2.45) is 13.0 Å². The molecule has 1 aliphatic rings. The van der Waals surface area contributed by atoms with Gasteiger partial charge >= 0.3 is 0 Å². The van der Waals surface area contributed by atoms with Gasteiger partial charge < -0.3 is 5.32 Å². The molecule has 0 aromatic carbocycles. The van der Waals surface area contributed by atoms with Crippen LogP contribution in [0.4, 0.5) is 0 Å². The molecule has 0 radical (unpaired) electrons. The van der Waals surface area contributed by atoms with Crippen molar-refractivity contribution in [1.29, 1.82) is 0 Å². The van der Waals surface area contributed by atoms with Crippen LogP contribution in [0.1, 0.15) is 51.6 Å². The third-order valence-corrected chi connectivity index (χ3v) is 3.68. The molecular formula is C13H24N4. The van der Waals surface area contributed by atoms with Crippen molar-refractivity contribution in [2.45, 2.75) is 51.5 Å². The van der Waals surface area contributed by atoms with E-state index in [9.17, 15) is 0 Å². The minimum absolute atomic E-state index is 0.206. The smallest absolute Gasteiger partial charge is 0.0728 e. The Morgan fingerprint density at radius 2 is 2.18 bits per heavy atom. The molecule has 1 heterocycles. The average Bonchev–Trinajstić information content (AvgIpc) is 2.81. The summed E-state index contributed by atoms with van der Waals surface area (Å²) in [6.07, 6.45) is 5.85. The fourth-order valence-electron chi connectivity index (χ4n) is 2.74. The van der Waals surface area contributed by atoms with Crippen LogP contribution in [0.2, 0.25) is 0 Å². The maximum Gasteiger partial charge on any atom is 0.0728 e. The summed E-state index contributed by atoms with van der Waals surface area (Å²) in [4.78, 5) is 0. The largest absolute Gasteiger partial charge is 0.312 e. The first-order valence-corrected chi connectivity index (χ1v) is 6.57. The minimum Gasteiger partial charge on any atom is -0.312 e. The minimum atomic E-state index is 0.206. The number of nitrogens with zero attached hydrogens (tertiary/aromatic N) is 3. The number of aryl methyl sites for hydroxylation is 1. The van der Waals surface area contributed by atoms with Gasteiger partial charge in [-0.15, -0.1) is 5.10 Å². The van der Waals surface area contributed by atoms with Gasteiger partial charge in [0, 0.05) is 18.5 Å². The number of aromatic nitrogens is 3. The summed E-state index contributed by atoms with van der Waals surface area (Å²) < 4.78 is 1.93. The quantitative estimate of drug-likeness (QED) is 0.874. The van der Waals surface area contributed by atoms with Crippen molar-refractivity contribution in [2.75, 3.05) is 6.54 Å². The Morgan fingerprint density at radius 3 is 2.76 bits per heavy atom. The van der Waals surface area contributed by atoms with Gasteiger partial charge in [0.05, 0.1) is 11.9 Å². The normalized spacial score (nSPS) is 25.4. The van der Waals surface area contributed by atoms with Crippen LogP contribution in [0, 0.1) is 5.92 Å². The van der Waals surface area contributed by atoms with E-state index in [1.54, 1.807) is 0 Å². The van der Waals surface area contributed by atoms with E-state index in [-0.39, 0.29) is 5.54 Å². The topological polar surface area (TPSA) is 42.7 Å². The summed E-state index contributed by atoms with van der Waals surface area (Å²) in [5, 5.41) is 11.7. The Bertz CT molecular complexity index is 364. The predicted octanol–water partition coefficient (Wildman–Crippen LogP) is 2.09. The van der Waals surface area contributed by atoms with Crippen LogP contribution in [-0.4, -0.2) is 27.1 Å². The second-order valence-corrected chi connectivity index (χ2v) is 6.21. The molecule has 2 atom stereocenters. The van der Waals surface area contributed by atoms with Crippen LogP contribution < -0.4 is 5.32 Å². The zero-order valence-corrected chi connectivity index (χ0v) is 11.4. The summed E-state index contributed by atoms with van der Waals surface area (Å²) in [5.41, 5.74) is 1.50. The fourth-order valence-corrected chi connectivity index (χ4v) is 2.74. The van der Waals surface area contributed by atoms with Crippen LogP contribution in [0.15, 0.2) is 6.20 Å². The van der Waals surface area contributed by atoms with Gasteiger partial charge in [0.25, 0.3) is 0 Å². The number of hydrogen-bond acceptors (Lipinski definition) is 3. The zero-order chi connectivity index (χ0) is 12.5. The van der Waals surface area contributed by atoms with Crippen molar-refractivity contribution in [3.63, 3.8) is 0 Å². The third-order valence-electron chi connectivity index (χ3n) is 3.68. The molecule has 1 saturated carbocycles. The molecule has 1 aromatic rings. The summed E-state index contributed by atoms with van der Waals surface area (Å²) in [7, 11) is 1.99. The molecule has 1 aromatic heterocycles. The highest BCUT2D eigenvalue weighted by molar-refractivity contribution is 5.08. The van der Waals surface area contributed by atoms with Gasteiger partial charge in [-0.05, 0) is 46.1 Å². The Labute approximate surface area is 104 Å². The standard InChI is InChI=1S/C13H24N4/c1-13(2,3)14-8-10-6-5-7-11(10)12-9-15-16-17(12)4/h9-11,14H,5-8H2,1-4H3. The first-order chi connectivity index (χ1) is 7.97. The van der Waals surface area contributed by atoms with E-state index in [4.69, 9.17) is 0 Å².